The summed E-state index contributed by atoms with van der Waals surface area (Å²) >= 11 is 0.408. The van der Waals surface area contributed by atoms with Crippen molar-refractivity contribution in [2.24, 2.45) is 0 Å². The van der Waals surface area contributed by atoms with Crippen LogP contribution in [0, 0.1) is 0 Å². The molecule has 1 aromatic heterocycles. The molecule has 1 aromatic rings. The van der Waals surface area contributed by atoms with Crippen molar-refractivity contribution < 1.29 is 62.6 Å². The van der Waals surface area contributed by atoms with Crippen LogP contribution in [-0.4, -0.2) is 41.6 Å². The van der Waals surface area contributed by atoms with Gasteiger partial charge in [-0.1, -0.05) is 18.3 Å². The van der Waals surface area contributed by atoms with Crippen LogP contribution in [0.1, 0.15) is 42.3 Å². The molecule has 0 unspecified atom stereocenters. The first kappa shape index (κ1) is 27.1. The Balaban J connectivity index is 3.03. The monoisotopic (exact) mass is 494 g/mol. The Morgan fingerprint density at radius 3 is 1.84 bits per heavy atom. The number of halogens is 11. The third-order valence-corrected chi connectivity index (χ3v) is 4.87. The molecule has 31 heavy (non-hydrogen) atoms. The van der Waals surface area contributed by atoms with Crippen LogP contribution in [0.4, 0.5) is 48.3 Å². The second-order valence-electron chi connectivity index (χ2n) is 6.20. The molecule has 0 amide bonds. The fraction of sp³-hybridized carbons (Fsp3) is 0.625. The zero-order valence-corrected chi connectivity index (χ0v) is 16.1. The molecule has 1 rings (SSSR count). The molecule has 0 aliphatic heterocycles. The van der Waals surface area contributed by atoms with E-state index in [1.54, 1.807) is 6.92 Å². The molecular formula is C16H13F11O3S. The van der Waals surface area contributed by atoms with Crippen molar-refractivity contribution >= 4 is 23.1 Å². The molecule has 1 heterocycles. The third-order valence-electron chi connectivity index (χ3n) is 3.86. The summed E-state index contributed by atoms with van der Waals surface area (Å²) in [7, 11) is 0. The molecule has 15 heteroatoms. The maximum Gasteiger partial charge on any atom is 0.438 e. The summed E-state index contributed by atoms with van der Waals surface area (Å²) in [6, 6.07) is 1.96. The highest BCUT2D eigenvalue weighted by molar-refractivity contribution is 7.15. The van der Waals surface area contributed by atoms with Crippen molar-refractivity contribution in [1.29, 1.82) is 0 Å². The Morgan fingerprint density at radius 1 is 0.871 bits per heavy atom. The third kappa shape index (κ3) is 5.29. The SMILES string of the molecule is CCCC(=O)Oc1ccc(C(=O)CCC(F)(F)C(F)(F)C(F)(C(F)(F)F)C(F)(F)F)s1. The minimum atomic E-state index is -7.55. The first-order valence-electron chi connectivity index (χ1n) is 8.23. The maximum absolute atomic E-state index is 13.7. The van der Waals surface area contributed by atoms with Crippen LogP contribution in [0.25, 0.3) is 0 Å². The summed E-state index contributed by atoms with van der Waals surface area (Å²) in [6.45, 7) is 1.64. The van der Waals surface area contributed by atoms with Crippen LogP contribution in [-0.2, 0) is 4.79 Å². The standard InChI is InChI=1S/C16H13F11O3S/c1-2-3-10(29)30-11-5-4-9(31-11)8(28)6-7-12(17,18)14(20,21)13(19,15(22,23)24)16(25,26)27/h4-5H,2-3,6-7H2,1H3. The van der Waals surface area contributed by atoms with Crippen LogP contribution >= 0.6 is 11.3 Å². The van der Waals surface area contributed by atoms with E-state index in [0.29, 0.717) is 17.8 Å². The summed E-state index contributed by atoms with van der Waals surface area (Å²) in [5.74, 6) is -15.6. The largest absolute Gasteiger partial charge is 0.438 e. The summed E-state index contributed by atoms with van der Waals surface area (Å²) in [5, 5.41) is -0.184. The zero-order chi connectivity index (χ0) is 24.5. The van der Waals surface area contributed by atoms with Gasteiger partial charge in [-0.05, 0) is 18.6 Å². The number of ether oxygens (including phenoxy) is 1. The number of thiophene rings is 1. The van der Waals surface area contributed by atoms with Crippen molar-refractivity contribution in [3.05, 3.63) is 17.0 Å². The number of carbonyl (C=O) groups is 2. The van der Waals surface area contributed by atoms with E-state index >= 15 is 0 Å². The first-order valence-corrected chi connectivity index (χ1v) is 9.05. The van der Waals surface area contributed by atoms with Gasteiger partial charge in [0.25, 0.3) is 0 Å². The number of hydrogen-bond acceptors (Lipinski definition) is 4. The number of hydrogen-bond donors (Lipinski definition) is 0. The Kier molecular flexibility index (Phi) is 7.78. The molecule has 0 radical (unpaired) electrons. The fourth-order valence-electron chi connectivity index (χ4n) is 2.21. The minimum Gasteiger partial charge on any atom is -0.415 e. The number of rotatable bonds is 9. The quantitative estimate of drug-likeness (QED) is 0.223. The first-order chi connectivity index (χ1) is 13.8. The van der Waals surface area contributed by atoms with E-state index in [4.69, 9.17) is 4.74 Å². The highest BCUT2D eigenvalue weighted by Gasteiger charge is 2.89. The minimum absolute atomic E-state index is 0.00806. The summed E-state index contributed by atoms with van der Waals surface area (Å²) in [4.78, 5) is 22.7. The van der Waals surface area contributed by atoms with Gasteiger partial charge in [0.15, 0.2) is 10.8 Å². The van der Waals surface area contributed by atoms with Crippen LogP contribution in [0.5, 0.6) is 5.06 Å². The van der Waals surface area contributed by atoms with Gasteiger partial charge in [0, 0.05) is 19.3 Å². The zero-order valence-electron chi connectivity index (χ0n) is 15.3. The second kappa shape index (κ2) is 8.90. The molecule has 0 bridgehead atoms. The van der Waals surface area contributed by atoms with Crippen molar-refractivity contribution in [1.82, 2.24) is 0 Å². The van der Waals surface area contributed by atoms with Gasteiger partial charge in [0.05, 0.1) is 4.88 Å². The Bertz CT molecular complexity index is 781. The average molecular weight is 494 g/mol. The Labute approximate surface area is 171 Å². The molecule has 0 aromatic carbocycles. The Morgan fingerprint density at radius 2 is 1.39 bits per heavy atom. The summed E-state index contributed by atoms with van der Waals surface area (Å²) in [5.41, 5.74) is -7.55. The summed E-state index contributed by atoms with van der Waals surface area (Å²) < 4.78 is 147. The number of carbonyl (C=O) groups excluding carboxylic acids is 2. The van der Waals surface area contributed by atoms with Crippen molar-refractivity contribution in [2.75, 3.05) is 0 Å². The number of ketones is 1. The van der Waals surface area contributed by atoms with Gasteiger partial charge in [-0.25, -0.2) is 4.39 Å². The van der Waals surface area contributed by atoms with Gasteiger partial charge >= 0.3 is 35.8 Å². The van der Waals surface area contributed by atoms with E-state index in [1.165, 1.54) is 0 Å². The molecule has 0 atom stereocenters. The van der Waals surface area contributed by atoms with Gasteiger partial charge in [-0.15, -0.1) is 0 Å². The number of alkyl halides is 11. The molecular weight excluding hydrogens is 481 g/mol. The smallest absolute Gasteiger partial charge is 0.415 e. The van der Waals surface area contributed by atoms with Crippen molar-refractivity contribution in [3.63, 3.8) is 0 Å². The lowest BCUT2D eigenvalue weighted by atomic mass is 9.88. The van der Waals surface area contributed by atoms with Gasteiger partial charge < -0.3 is 4.74 Å². The van der Waals surface area contributed by atoms with Gasteiger partial charge in [0.1, 0.15) is 0 Å². The Hall–Kier alpha value is -1.93. The van der Waals surface area contributed by atoms with E-state index in [1.807, 2.05) is 0 Å². The van der Waals surface area contributed by atoms with Crippen LogP contribution in [0.2, 0.25) is 0 Å². The van der Waals surface area contributed by atoms with E-state index < -0.39 is 59.3 Å². The topological polar surface area (TPSA) is 43.4 Å². The lowest BCUT2D eigenvalue weighted by Gasteiger charge is -2.39. The van der Waals surface area contributed by atoms with E-state index in [2.05, 4.69) is 0 Å². The fourth-order valence-corrected chi connectivity index (χ4v) is 3.05. The predicted molar refractivity (Wildman–Crippen MR) is 84.3 cm³/mol. The van der Waals surface area contributed by atoms with Gasteiger partial charge in [0.2, 0.25) is 0 Å². The summed E-state index contributed by atoms with van der Waals surface area (Å²) in [6.07, 6.45) is -18.6. The van der Waals surface area contributed by atoms with Gasteiger partial charge in [-0.2, -0.15) is 43.9 Å². The highest BCUT2D eigenvalue weighted by Crippen LogP contribution is 2.59. The molecule has 0 aliphatic rings. The lowest BCUT2D eigenvalue weighted by molar-refractivity contribution is -0.426. The second-order valence-corrected chi connectivity index (χ2v) is 7.25. The van der Waals surface area contributed by atoms with Crippen molar-refractivity contribution in [3.8, 4) is 5.06 Å². The molecule has 178 valence electrons. The molecule has 0 spiro atoms. The van der Waals surface area contributed by atoms with E-state index in [0.717, 1.165) is 12.1 Å². The highest BCUT2D eigenvalue weighted by atomic mass is 32.1. The molecule has 0 saturated heterocycles. The van der Waals surface area contributed by atoms with Crippen LogP contribution in [0.3, 0.4) is 0 Å². The lowest BCUT2D eigenvalue weighted by Crippen LogP contribution is -2.70. The van der Waals surface area contributed by atoms with Crippen LogP contribution in [0.15, 0.2) is 12.1 Å². The molecule has 3 nitrogen and oxygen atoms in total. The maximum atomic E-state index is 13.7. The number of esters is 1. The molecule has 0 aliphatic carbocycles. The van der Waals surface area contributed by atoms with E-state index in [-0.39, 0.29) is 11.5 Å². The normalized spacial score (nSPS) is 13.9. The predicted octanol–water partition coefficient (Wildman–Crippen LogP) is 6.52. The number of Topliss-reactive ketones (excluding diaryl/α,β-unsaturated/α-hetero) is 1. The molecule has 0 N–H and O–H groups in total. The van der Waals surface area contributed by atoms with E-state index in [9.17, 15) is 57.9 Å². The van der Waals surface area contributed by atoms with Gasteiger partial charge in [-0.3, -0.25) is 9.59 Å². The molecule has 0 saturated carbocycles. The van der Waals surface area contributed by atoms with Crippen molar-refractivity contribution in [2.45, 2.75) is 62.5 Å². The molecule has 0 fully saturated rings. The average Bonchev–Trinajstić information content (AvgIpc) is 3.05. The van der Waals surface area contributed by atoms with Crippen LogP contribution < -0.4 is 4.74 Å².